The van der Waals surface area contributed by atoms with Crippen molar-refractivity contribution in [2.75, 3.05) is 0 Å². The fourth-order valence-electron chi connectivity index (χ4n) is 3.09. The van der Waals surface area contributed by atoms with E-state index in [0.29, 0.717) is 0 Å². The number of ether oxygens (including phenoxy) is 1. The van der Waals surface area contributed by atoms with Gasteiger partial charge in [0.1, 0.15) is 6.04 Å². The molecule has 0 bridgehead atoms. The number of carbonyl (C=O) groups is 3. The largest absolute Gasteiger partial charge is 0.451 e. The van der Waals surface area contributed by atoms with Crippen LogP contribution in [0.2, 0.25) is 0 Å². The third-order valence-corrected chi connectivity index (χ3v) is 4.50. The maximum atomic E-state index is 12.4. The molecule has 1 aliphatic rings. The zero-order chi connectivity index (χ0) is 18.9. The molecule has 0 heterocycles. The number of urea groups is 1. The molecular formula is C19H27N3O4. The molecule has 26 heavy (non-hydrogen) atoms. The lowest BCUT2D eigenvalue weighted by atomic mass is 9.95. The summed E-state index contributed by atoms with van der Waals surface area (Å²) in [6, 6.07) is 7.58. The monoisotopic (exact) mass is 361 g/mol. The first-order chi connectivity index (χ1) is 12.5. The standard InChI is InChI=1S/C19H27N3O4/c1-13(17(23)21-15-10-6-3-7-11-15)26-18(24)16(22-19(20)25)12-14-8-4-2-5-9-14/h2,4-5,8-9,13,15-16H,3,6-7,10-12H2,1H3,(H,21,23)(H3,20,22,25)/t13-,16-/m0/s1. The number of hydrogen-bond donors (Lipinski definition) is 3. The van der Waals surface area contributed by atoms with E-state index in [1.54, 1.807) is 0 Å². The van der Waals surface area contributed by atoms with Crippen molar-refractivity contribution in [3.8, 4) is 0 Å². The van der Waals surface area contributed by atoms with Crippen LogP contribution in [-0.2, 0) is 20.7 Å². The Balaban J connectivity index is 1.91. The summed E-state index contributed by atoms with van der Waals surface area (Å²) in [5.74, 6) is -0.998. The molecule has 1 aromatic carbocycles. The fraction of sp³-hybridized carbons (Fsp3) is 0.526. The van der Waals surface area contributed by atoms with E-state index < -0.39 is 24.1 Å². The second-order valence-electron chi connectivity index (χ2n) is 6.67. The van der Waals surface area contributed by atoms with E-state index in [1.165, 1.54) is 13.3 Å². The van der Waals surface area contributed by atoms with Gasteiger partial charge in [0.25, 0.3) is 5.91 Å². The quantitative estimate of drug-likeness (QED) is 0.641. The lowest BCUT2D eigenvalue weighted by Gasteiger charge is -2.25. The van der Waals surface area contributed by atoms with Gasteiger partial charge in [-0.2, -0.15) is 0 Å². The molecule has 1 aliphatic carbocycles. The normalized spacial score (nSPS) is 17.0. The van der Waals surface area contributed by atoms with Crippen LogP contribution >= 0.6 is 0 Å². The molecular weight excluding hydrogens is 334 g/mol. The Bertz CT molecular complexity index is 614. The van der Waals surface area contributed by atoms with Gasteiger partial charge in [0.2, 0.25) is 0 Å². The molecule has 1 fully saturated rings. The average molecular weight is 361 g/mol. The average Bonchev–Trinajstić information content (AvgIpc) is 2.62. The predicted octanol–water partition coefficient (Wildman–Crippen LogP) is 1.65. The van der Waals surface area contributed by atoms with E-state index >= 15 is 0 Å². The van der Waals surface area contributed by atoms with Crippen LogP contribution in [0.1, 0.15) is 44.6 Å². The second-order valence-corrected chi connectivity index (χ2v) is 6.67. The first-order valence-electron chi connectivity index (χ1n) is 9.06. The third kappa shape index (κ3) is 6.38. The molecule has 1 saturated carbocycles. The molecule has 3 amide bonds. The molecule has 2 rings (SSSR count). The van der Waals surface area contributed by atoms with E-state index in [4.69, 9.17) is 10.5 Å². The van der Waals surface area contributed by atoms with Crippen LogP contribution in [0.3, 0.4) is 0 Å². The molecule has 0 spiro atoms. The molecule has 1 aromatic rings. The number of benzene rings is 1. The Morgan fingerprint density at radius 1 is 1.15 bits per heavy atom. The van der Waals surface area contributed by atoms with Crippen molar-refractivity contribution in [1.82, 2.24) is 10.6 Å². The molecule has 0 aliphatic heterocycles. The molecule has 0 unspecified atom stereocenters. The lowest BCUT2D eigenvalue weighted by Crippen LogP contribution is -2.48. The van der Waals surface area contributed by atoms with Crippen molar-refractivity contribution >= 4 is 17.9 Å². The zero-order valence-electron chi connectivity index (χ0n) is 15.1. The van der Waals surface area contributed by atoms with Crippen LogP contribution in [0.15, 0.2) is 30.3 Å². The summed E-state index contributed by atoms with van der Waals surface area (Å²) in [6.07, 6.45) is 4.59. The Morgan fingerprint density at radius 3 is 2.42 bits per heavy atom. The first-order valence-corrected chi connectivity index (χ1v) is 9.06. The number of esters is 1. The minimum atomic E-state index is -0.945. The number of amides is 3. The molecule has 4 N–H and O–H groups in total. The first kappa shape index (κ1) is 19.8. The van der Waals surface area contributed by atoms with Gasteiger partial charge in [0, 0.05) is 12.5 Å². The van der Waals surface area contributed by atoms with Crippen molar-refractivity contribution in [3.05, 3.63) is 35.9 Å². The van der Waals surface area contributed by atoms with Crippen LogP contribution < -0.4 is 16.4 Å². The van der Waals surface area contributed by atoms with Gasteiger partial charge in [-0.25, -0.2) is 9.59 Å². The molecule has 0 saturated heterocycles. The van der Waals surface area contributed by atoms with Gasteiger partial charge in [-0.3, -0.25) is 4.79 Å². The van der Waals surface area contributed by atoms with Crippen LogP contribution in [-0.4, -0.2) is 36.1 Å². The number of rotatable bonds is 7. The zero-order valence-corrected chi connectivity index (χ0v) is 15.1. The van der Waals surface area contributed by atoms with Crippen LogP contribution in [0, 0.1) is 0 Å². The summed E-state index contributed by atoms with van der Waals surface area (Å²) >= 11 is 0. The third-order valence-electron chi connectivity index (χ3n) is 4.50. The van der Waals surface area contributed by atoms with Gasteiger partial charge in [-0.05, 0) is 25.3 Å². The van der Waals surface area contributed by atoms with Gasteiger partial charge in [-0.1, -0.05) is 49.6 Å². The number of primary amides is 1. The molecule has 142 valence electrons. The van der Waals surface area contributed by atoms with E-state index in [2.05, 4.69) is 10.6 Å². The Morgan fingerprint density at radius 2 is 1.81 bits per heavy atom. The maximum Gasteiger partial charge on any atom is 0.329 e. The van der Waals surface area contributed by atoms with E-state index in [1.807, 2.05) is 30.3 Å². The van der Waals surface area contributed by atoms with Crippen molar-refractivity contribution in [2.45, 2.75) is 63.6 Å². The molecule has 0 aromatic heterocycles. The van der Waals surface area contributed by atoms with Gasteiger partial charge in [0.15, 0.2) is 6.10 Å². The topological polar surface area (TPSA) is 111 Å². The highest BCUT2D eigenvalue weighted by atomic mass is 16.5. The molecule has 2 atom stereocenters. The summed E-state index contributed by atoms with van der Waals surface area (Å²) in [4.78, 5) is 35.9. The molecule has 0 radical (unpaired) electrons. The van der Waals surface area contributed by atoms with E-state index in [9.17, 15) is 14.4 Å². The number of nitrogens with one attached hydrogen (secondary N) is 2. The highest BCUT2D eigenvalue weighted by Crippen LogP contribution is 2.17. The summed E-state index contributed by atoms with van der Waals surface area (Å²) in [6.45, 7) is 1.53. The summed E-state index contributed by atoms with van der Waals surface area (Å²) < 4.78 is 5.27. The summed E-state index contributed by atoms with van der Waals surface area (Å²) in [5.41, 5.74) is 6.01. The minimum Gasteiger partial charge on any atom is -0.451 e. The minimum absolute atomic E-state index is 0.140. The van der Waals surface area contributed by atoms with Crippen molar-refractivity contribution < 1.29 is 19.1 Å². The number of carbonyl (C=O) groups excluding carboxylic acids is 3. The van der Waals surface area contributed by atoms with Gasteiger partial charge in [-0.15, -0.1) is 0 Å². The summed E-state index contributed by atoms with van der Waals surface area (Å²) in [5, 5.41) is 5.31. The molecule has 7 nitrogen and oxygen atoms in total. The highest BCUT2D eigenvalue weighted by Gasteiger charge is 2.27. The highest BCUT2D eigenvalue weighted by molar-refractivity contribution is 5.87. The Hall–Kier alpha value is -2.57. The number of hydrogen-bond acceptors (Lipinski definition) is 4. The Labute approximate surface area is 153 Å². The van der Waals surface area contributed by atoms with Crippen molar-refractivity contribution in [1.29, 1.82) is 0 Å². The van der Waals surface area contributed by atoms with E-state index in [-0.39, 0.29) is 18.4 Å². The fourth-order valence-corrected chi connectivity index (χ4v) is 3.09. The summed E-state index contributed by atoms with van der Waals surface area (Å²) in [7, 11) is 0. The van der Waals surface area contributed by atoms with Gasteiger partial charge >= 0.3 is 12.0 Å². The smallest absolute Gasteiger partial charge is 0.329 e. The van der Waals surface area contributed by atoms with Gasteiger partial charge < -0.3 is 21.1 Å². The predicted molar refractivity (Wildman–Crippen MR) is 97.2 cm³/mol. The Kier molecular flexibility index (Phi) is 7.44. The van der Waals surface area contributed by atoms with Gasteiger partial charge in [0.05, 0.1) is 0 Å². The molecule has 7 heteroatoms. The lowest BCUT2D eigenvalue weighted by molar-refractivity contribution is -0.156. The van der Waals surface area contributed by atoms with Crippen molar-refractivity contribution in [3.63, 3.8) is 0 Å². The maximum absolute atomic E-state index is 12.4. The second kappa shape index (κ2) is 9.79. The number of nitrogens with two attached hydrogens (primary N) is 1. The van der Waals surface area contributed by atoms with Crippen LogP contribution in [0.4, 0.5) is 4.79 Å². The van der Waals surface area contributed by atoms with Crippen molar-refractivity contribution in [2.24, 2.45) is 5.73 Å². The van der Waals surface area contributed by atoms with Crippen LogP contribution in [0.5, 0.6) is 0 Å². The van der Waals surface area contributed by atoms with E-state index in [0.717, 1.165) is 31.2 Å². The van der Waals surface area contributed by atoms with Crippen LogP contribution in [0.25, 0.3) is 0 Å². The SMILES string of the molecule is C[C@H](OC(=O)[C@H](Cc1ccccc1)NC(N)=O)C(=O)NC1CCCCC1.